The van der Waals surface area contributed by atoms with Crippen molar-refractivity contribution in [2.45, 2.75) is 0 Å². The number of pyridine rings is 1. The SMILES string of the molecule is Cl.O=C(NCCN1CCN(C(=O)c2cccs2)CC1)c1ccc[nH]c1=O. The minimum atomic E-state index is -0.388. The molecular formula is C17H21ClN4O3S. The van der Waals surface area contributed by atoms with E-state index in [-0.39, 0.29) is 35.3 Å². The fourth-order valence-electron chi connectivity index (χ4n) is 2.75. The van der Waals surface area contributed by atoms with Gasteiger partial charge in [0.1, 0.15) is 5.56 Å². The second kappa shape index (κ2) is 9.51. The van der Waals surface area contributed by atoms with E-state index < -0.39 is 0 Å². The highest BCUT2D eigenvalue weighted by molar-refractivity contribution is 7.12. The molecule has 2 N–H and O–H groups in total. The third-order valence-electron chi connectivity index (χ3n) is 4.17. The molecule has 26 heavy (non-hydrogen) atoms. The predicted molar refractivity (Wildman–Crippen MR) is 103 cm³/mol. The van der Waals surface area contributed by atoms with Crippen LogP contribution in [-0.2, 0) is 0 Å². The molecule has 1 saturated heterocycles. The molecule has 0 spiro atoms. The molecule has 140 valence electrons. The molecule has 2 aromatic rings. The highest BCUT2D eigenvalue weighted by Crippen LogP contribution is 2.13. The Kier molecular flexibility index (Phi) is 7.38. The summed E-state index contributed by atoms with van der Waals surface area (Å²) in [5.41, 5.74) is -0.269. The third kappa shape index (κ3) is 4.94. The maximum Gasteiger partial charge on any atom is 0.264 e. The number of nitrogens with zero attached hydrogens (tertiary/aromatic N) is 2. The average molecular weight is 397 g/mol. The number of H-pyrrole nitrogens is 1. The summed E-state index contributed by atoms with van der Waals surface area (Å²) in [5.74, 6) is -0.278. The Balaban J connectivity index is 0.00000243. The zero-order valence-corrected chi connectivity index (χ0v) is 15.8. The summed E-state index contributed by atoms with van der Waals surface area (Å²) in [5, 5.41) is 4.67. The number of thiophene rings is 1. The minimum Gasteiger partial charge on any atom is -0.351 e. The maximum atomic E-state index is 12.3. The van der Waals surface area contributed by atoms with Crippen molar-refractivity contribution in [2.24, 2.45) is 0 Å². The fraction of sp³-hybridized carbons (Fsp3) is 0.353. The summed E-state index contributed by atoms with van der Waals surface area (Å²) >= 11 is 1.46. The molecule has 1 aliphatic heterocycles. The number of aromatic amines is 1. The number of hydrogen-bond acceptors (Lipinski definition) is 5. The number of nitrogens with one attached hydrogen (secondary N) is 2. The highest BCUT2D eigenvalue weighted by Gasteiger charge is 2.22. The van der Waals surface area contributed by atoms with Gasteiger partial charge in [0.05, 0.1) is 4.88 Å². The Morgan fingerprint density at radius 3 is 2.58 bits per heavy atom. The Morgan fingerprint density at radius 1 is 1.15 bits per heavy atom. The molecule has 1 fully saturated rings. The Bertz CT molecular complexity index is 785. The topological polar surface area (TPSA) is 85.5 Å². The summed E-state index contributed by atoms with van der Waals surface area (Å²) in [6, 6.07) is 6.86. The first kappa shape index (κ1) is 20.2. The van der Waals surface area contributed by atoms with Gasteiger partial charge in [-0.25, -0.2) is 0 Å². The normalized spacial score (nSPS) is 14.5. The Hall–Kier alpha value is -2.16. The van der Waals surface area contributed by atoms with Crippen molar-refractivity contribution in [3.8, 4) is 0 Å². The summed E-state index contributed by atoms with van der Waals surface area (Å²) in [6.07, 6.45) is 1.50. The summed E-state index contributed by atoms with van der Waals surface area (Å²) in [7, 11) is 0. The molecule has 7 nitrogen and oxygen atoms in total. The van der Waals surface area contributed by atoms with Crippen LogP contribution >= 0.6 is 23.7 Å². The second-order valence-electron chi connectivity index (χ2n) is 5.78. The monoisotopic (exact) mass is 396 g/mol. The van der Waals surface area contributed by atoms with Crippen molar-refractivity contribution in [3.63, 3.8) is 0 Å². The van der Waals surface area contributed by atoms with Gasteiger partial charge in [0, 0.05) is 45.5 Å². The number of rotatable bonds is 5. The van der Waals surface area contributed by atoms with Crippen LogP contribution in [0, 0.1) is 0 Å². The highest BCUT2D eigenvalue weighted by atomic mass is 35.5. The number of amides is 2. The first-order chi connectivity index (χ1) is 12.1. The van der Waals surface area contributed by atoms with E-state index >= 15 is 0 Å². The van der Waals surface area contributed by atoms with E-state index in [1.807, 2.05) is 22.4 Å². The number of halogens is 1. The van der Waals surface area contributed by atoms with E-state index in [4.69, 9.17) is 0 Å². The van der Waals surface area contributed by atoms with Gasteiger partial charge in [-0.3, -0.25) is 19.3 Å². The van der Waals surface area contributed by atoms with Crippen LogP contribution in [0.2, 0.25) is 0 Å². The van der Waals surface area contributed by atoms with Gasteiger partial charge in [0.25, 0.3) is 17.4 Å². The first-order valence-corrected chi connectivity index (χ1v) is 9.04. The van der Waals surface area contributed by atoms with Crippen molar-refractivity contribution < 1.29 is 9.59 Å². The van der Waals surface area contributed by atoms with E-state index in [9.17, 15) is 14.4 Å². The Morgan fingerprint density at radius 2 is 1.92 bits per heavy atom. The smallest absolute Gasteiger partial charge is 0.264 e. The van der Waals surface area contributed by atoms with Gasteiger partial charge >= 0.3 is 0 Å². The number of piperazine rings is 1. The van der Waals surface area contributed by atoms with Crippen molar-refractivity contribution >= 4 is 35.6 Å². The molecule has 0 bridgehead atoms. The van der Waals surface area contributed by atoms with Crippen LogP contribution < -0.4 is 10.9 Å². The summed E-state index contributed by atoms with van der Waals surface area (Å²) < 4.78 is 0. The summed E-state index contributed by atoms with van der Waals surface area (Å²) in [4.78, 5) is 43.1. The molecule has 0 saturated carbocycles. The fourth-order valence-corrected chi connectivity index (χ4v) is 3.44. The number of carbonyl (C=O) groups is 2. The summed E-state index contributed by atoms with van der Waals surface area (Å²) in [6.45, 7) is 4.08. The second-order valence-corrected chi connectivity index (χ2v) is 6.73. The van der Waals surface area contributed by atoms with Crippen molar-refractivity contribution in [1.82, 2.24) is 20.1 Å². The van der Waals surface area contributed by atoms with E-state index in [0.29, 0.717) is 26.2 Å². The molecule has 9 heteroatoms. The van der Waals surface area contributed by atoms with Crippen LogP contribution in [0.25, 0.3) is 0 Å². The zero-order chi connectivity index (χ0) is 17.6. The van der Waals surface area contributed by atoms with Crippen LogP contribution in [0.1, 0.15) is 20.0 Å². The van der Waals surface area contributed by atoms with Gasteiger partial charge in [-0.2, -0.15) is 0 Å². The molecule has 3 heterocycles. The molecule has 2 amide bonds. The van der Waals surface area contributed by atoms with Gasteiger partial charge in [-0.1, -0.05) is 6.07 Å². The van der Waals surface area contributed by atoms with E-state index in [2.05, 4.69) is 15.2 Å². The molecule has 0 atom stereocenters. The lowest BCUT2D eigenvalue weighted by Crippen LogP contribution is -2.50. The van der Waals surface area contributed by atoms with Crippen molar-refractivity contribution in [3.05, 3.63) is 56.6 Å². The van der Waals surface area contributed by atoms with E-state index in [1.54, 1.807) is 6.07 Å². The molecule has 3 rings (SSSR count). The maximum absolute atomic E-state index is 12.3. The third-order valence-corrected chi connectivity index (χ3v) is 5.03. The number of hydrogen-bond donors (Lipinski definition) is 2. The van der Waals surface area contributed by atoms with Crippen LogP contribution in [0.3, 0.4) is 0 Å². The minimum absolute atomic E-state index is 0. The van der Waals surface area contributed by atoms with E-state index in [1.165, 1.54) is 23.6 Å². The van der Waals surface area contributed by atoms with Crippen LogP contribution in [0.5, 0.6) is 0 Å². The molecule has 0 aromatic carbocycles. The molecule has 1 aliphatic rings. The van der Waals surface area contributed by atoms with Crippen molar-refractivity contribution in [1.29, 1.82) is 0 Å². The number of aromatic nitrogens is 1. The Labute approximate surface area is 161 Å². The lowest BCUT2D eigenvalue weighted by molar-refractivity contribution is 0.0643. The average Bonchev–Trinajstić information content (AvgIpc) is 3.16. The quantitative estimate of drug-likeness (QED) is 0.791. The number of carbonyl (C=O) groups excluding carboxylic acids is 2. The van der Waals surface area contributed by atoms with Crippen LogP contribution in [0.4, 0.5) is 0 Å². The van der Waals surface area contributed by atoms with Gasteiger partial charge in [-0.05, 0) is 23.6 Å². The molecule has 0 unspecified atom stereocenters. The van der Waals surface area contributed by atoms with Gasteiger partial charge in [0.2, 0.25) is 0 Å². The van der Waals surface area contributed by atoms with Crippen molar-refractivity contribution in [2.75, 3.05) is 39.3 Å². The van der Waals surface area contributed by atoms with Crippen LogP contribution in [-0.4, -0.2) is 65.9 Å². The van der Waals surface area contributed by atoms with Gasteiger partial charge < -0.3 is 15.2 Å². The zero-order valence-electron chi connectivity index (χ0n) is 14.1. The van der Waals surface area contributed by atoms with Crippen LogP contribution in [0.15, 0.2) is 40.6 Å². The van der Waals surface area contributed by atoms with E-state index in [0.717, 1.165) is 18.0 Å². The molecule has 2 aromatic heterocycles. The first-order valence-electron chi connectivity index (χ1n) is 8.16. The molecular weight excluding hydrogens is 376 g/mol. The van der Waals surface area contributed by atoms with Gasteiger partial charge in [-0.15, -0.1) is 23.7 Å². The standard InChI is InChI=1S/C17H20N4O3S.ClH/c22-15-13(3-1-5-18-15)16(23)19-6-7-20-8-10-21(11-9-20)17(24)14-4-2-12-25-14;/h1-5,12H,6-11H2,(H,18,22)(H,19,23);1H. The predicted octanol–water partition coefficient (Wildman–Crippen LogP) is 1.05. The molecule has 0 radical (unpaired) electrons. The lowest BCUT2D eigenvalue weighted by atomic mass is 10.2. The molecule has 0 aliphatic carbocycles. The lowest BCUT2D eigenvalue weighted by Gasteiger charge is -2.34. The largest absolute Gasteiger partial charge is 0.351 e. The van der Waals surface area contributed by atoms with Gasteiger partial charge in [0.15, 0.2) is 0 Å².